The van der Waals surface area contributed by atoms with Crippen LogP contribution in [0.4, 0.5) is 23.2 Å². The molecule has 0 aromatic heterocycles. The number of halogens is 4. The van der Waals surface area contributed by atoms with Gasteiger partial charge in [-0.05, 0) is 6.42 Å². The number of benzene rings is 1. The molecule has 0 amide bonds. The first-order chi connectivity index (χ1) is 9.61. The van der Waals surface area contributed by atoms with Crippen molar-refractivity contribution in [3.8, 4) is 5.75 Å². The summed E-state index contributed by atoms with van der Waals surface area (Å²) in [5.74, 6) is -3.61. The van der Waals surface area contributed by atoms with Gasteiger partial charge in [0.25, 0.3) is 0 Å². The van der Waals surface area contributed by atoms with E-state index in [0.717, 1.165) is 0 Å². The zero-order valence-electron chi connectivity index (χ0n) is 10.3. The molecule has 1 N–H and O–H groups in total. The van der Waals surface area contributed by atoms with Gasteiger partial charge in [0, 0.05) is 12.5 Å². The van der Waals surface area contributed by atoms with Crippen molar-refractivity contribution in [3.05, 3.63) is 33.6 Å². The third-order valence-corrected chi connectivity index (χ3v) is 2.34. The van der Waals surface area contributed by atoms with Gasteiger partial charge in [-0.3, -0.25) is 10.1 Å². The fourth-order valence-corrected chi connectivity index (χ4v) is 1.42. The Hall–Kier alpha value is -2.39. The Balaban J connectivity index is 2.91. The summed E-state index contributed by atoms with van der Waals surface area (Å²) < 4.78 is 53.8. The highest BCUT2D eigenvalue weighted by atomic mass is 19.4. The van der Waals surface area contributed by atoms with Gasteiger partial charge in [0.15, 0.2) is 5.75 Å². The number of nitro groups is 1. The second-order valence-corrected chi connectivity index (χ2v) is 3.93. The van der Waals surface area contributed by atoms with Gasteiger partial charge in [-0.15, -0.1) is 0 Å². The Morgan fingerprint density at radius 1 is 1.38 bits per heavy atom. The molecule has 0 atom stereocenters. The number of carbonyl (C=O) groups is 1. The molecule has 0 fully saturated rings. The van der Waals surface area contributed by atoms with Crippen LogP contribution >= 0.6 is 0 Å². The molecule has 21 heavy (non-hydrogen) atoms. The second-order valence-electron chi connectivity index (χ2n) is 3.93. The number of ether oxygens (including phenoxy) is 1. The normalized spacial score (nSPS) is 11.2. The molecule has 10 heteroatoms. The van der Waals surface area contributed by atoms with E-state index in [1.54, 1.807) is 0 Å². The number of hydrogen-bond donors (Lipinski definition) is 1. The minimum atomic E-state index is -4.40. The van der Waals surface area contributed by atoms with Crippen LogP contribution in [0.1, 0.15) is 23.2 Å². The van der Waals surface area contributed by atoms with Crippen LogP contribution in [0, 0.1) is 15.9 Å². The third kappa shape index (κ3) is 4.89. The minimum Gasteiger partial charge on any atom is -0.487 e. The summed E-state index contributed by atoms with van der Waals surface area (Å²) in [7, 11) is 0. The smallest absolute Gasteiger partial charge is 0.389 e. The topological polar surface area (TPSA) is 89.7 Å². The van der Waals surface area contributed by atoms with Crippen LogP contribution < -0.4 is 4.74 Å². The standard InChI is InChI=1S/C11H9F4NO5/c12-7-5-8(16(19)20)9(4-6(7)10(17)18)21-3-1-2-11(13,14)15/h4-5H,1-3H2,(H,17,18). The van der Waals surface area contributed by atoms with Crippen molar-refractivity contribution >= 4 is 11.7 Å². The van der Waals surface area contributed by atoms with Gasteiger partial charge in [0.1, 0.15) is 5.82 Å². The molecule has 0 radical (unpaired) electrons. The Kier molecular flexibility index (Phi) is 5.06. The quantitative estimate of drug-likeness (QED) is 0.377. The second kappa shape index (κ2) is 6.37. The van der Waals surface area contributed by atoms with E-state index in [2.05, 4.69) is 0 Å². The lowest BCUT2D eigenvalue weighted by Crippen LogP contribution is -2.11. The molecule has 1 aromatic rings. The highest BCUT2D eigenvalue weighted by Crippen LogP contribution is 2.30. The largest absolute Gasteiger partial charge is 0.487 e. The van der Waals surface area contributed by atoms with E-state index >= 15 is 0 Å². The predicted octanol–water partition coefficient (Wildman–Crippen LogP) is 3.15. The zero-order valence-corrected chi connectivity index (χ0v) is 10.3. The molecule has 0 saturated heterocycles. The number of nitrogens with zero attached hydrogens (tertiary/aromatic N) is 1. The number of carboxylic acids is 1. The molecule has 0 saturated carbocycles. The van der Waals surface area contributed by atoms with Gasteiger partial charge in [-0.1, -0.05) is 0 Å². The van der Waals surface area contributed by atoms with Crippen molar-refractivity contribution < 1.29 is 37.1 Å². The van der Waals surface area contributed by atoms with Gasteiger partial charge < -0.3 is 9.84 Å². The lowest BCUT2D eigenvalue weighted by molar-refractivity contribution is -0.386. The van der Waals surface area contributed by atoms with Crippen molar-refractivity contribution in [1.82, 2.24) is 0 Å². The van der Waals surface area contributed by atoms with E-state index in [0.29, 0.717) is 12.1 Å². The zero-order chi connectivity index (χ0) is 16.2. The van der Waals surface area contributed by atoms with Crippen LogP contribution in [0.3, 0.4) is 0 Å². The first kappa shape index (κ1) is 16.7. The van der Waals surface area contributed by atoms with E-state index in [1.807, 2.05) is 0 Å². The van der Waals surface area contributed by atoms with Gasteiger partial charge in [0.05, 0.1) is 23.2 Å². The highest BCUT2D eigenvalue weighted by molar-refractivity contribution is 5.89. The van der Waals surface area contributed by atoms with Gasteiger partial charge in [0.2, 0.25) is 0 Å². The average Bonchev–Trinajstić information content (AvgIpc) is 2.33. The maximum atomic E-state index is 13.3. The molecule has 0 bridgehead atoms. The minimum absolute atomic E-state index is 0.350. The van der Waals surface area contributed by atoms with E-state index in [-0.39, 0.29) is 0 Å². The first-order valence-corrected chi connectivity index (χ1v) is 5.52. The summed E-state index contributed by atoms with van der Waals surface area (Å²) in [4.78, 5) is 20.4. The fraction of sp³-hybridized carbons (Fsp3) is 0.364. The molecule has 0 aliphatic heterocycles. The van der Waals surface area contributed by atoms with Crippen LogP contribution in [-0.4, -0.2) is 28.8 Å². The molecule has 0 spiro atoms. The molecule has 116 valence electrons. The van der Waals surface area contributed by atoms with Gasteiger partial charge in [-0.2, -0.15) is 13.2 Å². The summed E-state index contributed by atoms with van der Waals surface area (Å²) in [5.41, 5.74) is -1.73. The van der Waals surface area contributed by atoms with E-state index in [4.69, 9.17) is 9.84 Å². The molecule has 0 unspecified atom stereocenters. The van der Waals surface area contributed by atoms with Gasteiger partial charge in [-0.25, -0.2) is 9.18 Å². The maximum Gasteiger partial charge on any atom is 0.389 e. The van der Waals surface area contributed by atoms with Gasteiger partial charge >= 0.3 is 17.8 Å². The average molecular weight is 311 g/mol. The highest BCUT2D eigenvalue weighted by Gasteiger charge is 2.27. The van der Waals surface area contributed by atoms with Crippen molar-refractivity contribution in [1.29, 1.82) is 0 Å². The SMILES string of the molecule is O=C(O)c1cc(OCCCC(F)(F)F)c([N+](=O)[O-])cc1F. The Bertz CT molecular complexity index is 558. The number of rotatable bonds is 6. The molecule has 0 heterocycles. The predicted molar refractivity (Wildman–Crippen MR) is 60.8 cm³/mol. The summed E-state index contributed by atoms with van der Waals surface area (Å²) in [6.07, 6.45) is -6.03. The molecule has 0 aliphatic rings. The first-order valence-electron chi connectivity index (χ1n) is 5.52. The summed E-state index contributed by atoms with van der Waals surface area (Å²) in [6.45, 7) is -0.523. The van der Waals surface area contributed by atoms with Crippen LogP contribution in [0.15, 0.2) is 12.1 Å². The lowest BCUT2D eigenvalue weighted by Gasteiger charge is -2.09. The van der Waals surface area contributed by atoms with Crippen molar-refractivity contribution in [3.63, 3.8) is 0 Å². The molecule has 0 aliphatic carbocycles. The van der Waals surface area contributed by atoms with Crippen LogP contribution in [0.25, 0.3) is 0 Å². The number of carboxylic acid groups (broad SMARTS) is 1. The van der Waals surface area contributed by atoms with Crippen molar-refractivity contribution in [2.75, 3.05) is 6.61 Å². The number of nitro benzene ring substituents is 1. The number of hydrogen-bond acceptors (Lipinski definition) is 4. The van der Waals surface area contributed by atoms with Crippen LogP contribution in [-0.2, 0) is 0 Å². The molecular weight excluding hydrogens is 302 g/mol. The number of aromatic carboxylic acids is 1. The van der Waals surface area contributed by atoms with E-state index < -0.39 is 59.3 Å². The summed E-state index contributed by atoms with van der Waals surface area (Å²) in [6, 6.07) is 0.923. The van der Waals surface area contributed by atoms with Crippen LogP contribution in [0.5, 0.6) is 5.75 Å². The Morgan fingerprint density at radius 2 is 2.00 bits per heavy atom. The molecular formula is C11H9F4NO5. The molecule has 6 nitrogen and oxygen atoms in total. The van der Waals surface area contributed by atoms with Crippen molar-refractivity contribution in [2.45, 2.75) is 19.0 Å². The summed E-state index contributed by atoms with van der Waals surface area (Å²) >= 11 is 0. The van der Waals surface area contributed by atoms with E-state index in [9.17, 15) is 32.5 Å². The maximum absolute atomic E-state index is 13.3. The molecule has 1 aromatic carbocycles. The Morgan fingerprint density at radius 3 is 2.48 bits per heavy atom. The monoisotopic (exact) mass is 311 g/mol. The van der Waals surface area contributed by atoms with E-state index in [1.165, 1.54) is 0 Å². The Labute approximate surface area is 115 Å². The van der Waals surface area contributed by atoms with Crippen molar-refractivity contribution in [2.24, 2.45) is 0 Å². The van der Waals surface area contributed by atoms with Crippen LogP contribution in [0.2, 0.25) is 0 Å². The fourth-order valence-electron chi connectivity index (χ4n) is 1.42. The molecule has 1 rings (SSSR count). The summed E-state index contributed by atoms with van der Waals surface area (Å²) in [5, 5.41) is 19.4. The lowest BCUT2D eigenvalue weighted by atomic mass is 10.1. The third-order valence-electron chi connectivity index (χ3n) is 2.34. The number of alkyl halides is 3.